The molecule has 0 spiro atoms. The highest BCUT2D eigenvalue weighted by molar-refractivity contribution is 5.92. The van der Waals surface area contributed by atoms with Gasteiger partial charge in [0.1, 0.15) is 0 Å². The third-order valence-electron chi connectivity index (χ3n) is 2.58. The van der Waals surface area contributed by atoms with Crippen LogP contribution in [0.1, 0.15) is 17.5 Å². The average molecular weight is 207 g/mol. The number of carbonyl (C=O) groups is 1. The van der Waals surface area contributed by atoms with Gasteiger partial charge in [-0.2, -0.15) is 0 Å². The summed E-state index contributed by atoms with van der Waals surface area (Å²) in [5.41, 5.74) is 3.24. The van der Waals surface area contributed by atoms with Gasteiger partial charge in [0.25, 0.3) is 0 Å². The highest BCUT2D eigenvalue weighted by atomic mass is 16.3. The standard InChI is InChI=1S/C12H17NO2/c1-9-4-5-11(8-10(9)2)13(3)12(15)6-7-14/h4-5,8,14H,6-7H2,1-3H3. The highest BCUT2D eigenvalue weighted by Crippen LogP contribution is 2.18. The van der Waals surface area contributed by atoms with Gasteiger partial charge in [-0.05, 0) is 37.1 Å². The molecule has 3 nitrogen and oxygen atoms in total. The molecule has 3 heteroatoms. The maximum Gasteiger partial charge on any atom is 0.229 e. The van der Waals surface area contributed by atoms with Crippen molar-refractivity contribution in [2.24, 2.45) is 0 Å². The maximum atomic E-state index is 11.5. The van der Waals surface area contributed by atoms with Crippen LogP contribution in [0.25, 0.3) is 0 Å². The van der Waals surface area contributed by atoms with Crippen molar-refractivity contribution in [1.82, 2.24) is 0 Å². The predicted octanol–water partition coefficient (Wildman–Crippen LogP) is 1.65. The van der Waals surface area contributed by atoms with Gasteiger partial charge in [-0.1, -0.05) is 6.07 Å². The van der Waals surface area contributed by atoms with Gasteiger partial charge >= 0.3 is 0 Å². The van der Waals surface area contributed by atoms with Crippen molar-refractivity contribution in [2.75, 3.05) is 18.6 Å². The topological polar surface area (TPSA) is 40.5 Å². The van der Waals surface area contributed by atoms with E-state index in [0.29, 0.717) is 0 Å². The van der Waals surface area contributed by atoms with Crippen LogP contribution in [0.2, 0.25) is 0 Å². The minimum Gasteiger partial charge on any atom is -0.396 e. The number of aliphatic hydroxyl groups is 1. The van der Waals surface area contributed by atoms with E-state index in [4.69, 9.17) is 5.11 Å². The summed E-state index contributed by atoms with van der Waals surface area (Å²) in [5, 5.41) is 8.68. The molecule has 1 rings (SSSR count). The lowest BCUT2D eigenvalue weighted by atomic mass is 10.1. The molecule has 0 radical (unpaired) electrons. The number of anilines is 1. The van der Waals surface area contributed by atoms with Gasteiger partial charge in [0.15, 0.2) is 0 Å². The van der Waals surface area contributed by atoms with Gasteiger partial charge < -0.3 is 10.0 Å². The third kappa shape index (κ3) is 2.80. The smallest absolute Gasteiger partial charge is 0.229 e. The minimum atomic E-state index is -0.103. The second-order valence-electron chi connectivity index (χ2n) is 3.69. The SMILES string of the molecule is Cc1ccc(N(C)C(=O)CCO)cc1C. The molecule has 0 aliphatic carbocycles. The number of nitrogens with zero attached hydrogens (tertiary/aromatic N) is 1. The normalized spacial score (nSPS) is 10.1. The number of amides is 1. The maximum absolute atomic E-state index is 11.5. The molecule has 0 saturated carbocycles. The second kappa shape index (κ2) is 4.94. The van der Waals surface area contributed by atoms with Gasteiger partial charge in [-0.3, -0.25) is 4.79 Å². The van der Waals surface area contributed by atoms with Crippen LogP contribution in [0.15, 0.2) is 18.2 Å². The summed E-state index contributed by atoms with van der Waals surface area (Å²) in [4.78, 5) is 13.1. The Morgan fingerprint density at radius 3 is 2.53 bits per heavy atom. The van der Waals surface area contributed by atoms with E-state index in [9.17, 15) is 4.79 Å². The molecule has 15 heavy (non-hydrogen) atoms. The Morgan fingerprint density at radius 1 is 1.33 bits per heavy atom. The number of hydrogen-bond donors (Lipinski definition) is 1. The van der Waals surface area contributed by atoms with Crippen molar-refractivity contribution in [3.05, 3.63) is 29.3 Å². The zero-order valence-electron chi connectivity index (χ0n) is 9.45. The molecule has 0 heterocycles. The van der Waals surface area contributed by atoms with E-state index in [2.05, 4.69) is 0 Å². The molecule has 0 saturated heterocycles. The molecule has 0 bridgehead atoms. The van der Waals surface area contributed by atoms with Gasteiger partial charge in [-0.25, -0.2) is 0 Å². The Balaban J connectivity index is 2.86. The summed E-state index contributed by atoms with van der Waals surface area (Å²) >= 11 is 0. The number of rotatable bonds is 3. The quantitative estimate of drug-likeness (QED) is 0.818. The largest absolute Gasteiger partial charge is 0.396 e. The Kier molecular flexibility index (Phi) is 3.86. The summed E-state index contributed by atoms with van der Waals surface area (Å²) in [6.07, 6.45) is 0.170. The van der Waals surface area contributed by atoms with E-state index in [1.807, 2.05) is 32.0 Å². The van der Waals surface area contributed by atoms with Crippen LogP contribution in [0.4, 0.5) is 5.69 Å². The van der Waals surface area contributed by atoms with Crippen LogP contribution in [0.3, 0.4) is 0 Å². The zero-order chi connectivity index (χ0) is 11.4. The second-order valence-corrected chi connectivity index (χ2v) is 3.69. The average Bonchev–Trinajstić information content (AvgIpc) is 2.21. The summed E-state index contributed by atoms with van der Waals surface area (Å²) in [6, 6.07) is 5.88. The molecule has 0 fully saturated rings. The van der Waals surface area contributed by atoms with Crippen molar-refractivity contribution in [3.63, 3.8) is 0 Å². The van der Waals surface area contributed by atoms with E-state index < -0.39 is 0 Å². The lowest BCUT2D eigenvalue weighted by molar-refractivity contribution is -0.118. The van der Waals surface area contributed by atoms with Crippen molar-refractivity contribution in [1.29, 1.82) is 0 Å². The number of aryl methyl sites for hydroxylation is 2. The molecule has 0 unspecified atom stereocenters. The van der Waals surface area contributed by atoms with Crippen molar-refractivity contribution >= 4 is 11.6 Å². The first-order chi connectivity index (χ1) is 7.06. The molecule has 0 aliphatic heterocycles. The number of carbonyl (C=O) groups excluding carboxylic acids is 1. The molecular formula is C12H17NO2. The molecule has 0 aromatic heterocycles. The summed E-state index contributed by atoms with van der Waals surface area (Å²) in [7, 11) is 1.72. The monoisotopic (exact) mass is 207 g/mol. The number of benzene rings is 1. The van der Waals surface area contributed by atoms with Crippen molar-refractivity contribution in [3.8, 4) is 0 Å². The lowest BCUT2D eigenvalue weighted by Gasteiger charge is -2.17. The van der Waals surface area contributed by atoms with Crippen LogP contribution in [0, 0.1) is 13.8 Å². The van der Waals surface area contributed by atoms with Gasteiger partial charge in [0.05, 0.1) is 13.0 Å². The molecule has 0 aliphatic rings. The summed E-state index contributed by atoms with van der Waals surface area (Å²) < 4.78 is 0. The first-order valence-corrected chi connectivity index (χ1v) is 5.01. The fourth-order valence-electron chi connectivity index (χ4n) is 1.34. The molecule has 1 aromatic rings. The Bertz CT molecular complexity index is 361. The fraction of sp³-hybridized carbons (Fsp3) is 0.417. The van der Waals surface area contributed by atoms with Gasteiger partial charge in [0.2, 0.25) is 5.91 Å². The van der Waals surface area contributed by atoms with Crippen LogP contribution in [0.5, 0.6) is 0 Å². The van der Waals surface area contributed by atoms with Crippen LogP contribution >= 0.6 is 0 Å². The van der Waals surface area contributed by atoms with E-state index >= 15 is 0 Å². The predicted molar refractivity (Wildman–Crippen MR) is 61.0 cm³/mol. The van der Waals surface area contributed by atoms with Crippen molar-refractivity contribution < 1.29 is 9.90 Å². The Morgan fingerprint density at radius 2 is 2.00 bits per heavy atom. The Hall–Kier alpha value is -1.35. The van der Waals surface area contributed by atoms with Crippen LogP contribution in [-0.4, -0.2) is 24.7 Å². The fourth-order valence-corrected chi connectivity index (χ4v) is 1.34. The highest BCUT2D eigenvalue weighted by Gasteiger charge is 2.10. The van der Waals surface area contributed by atoms with E-state index in [1.165, 1.54) is 5.56 Å². The Labute approximate surface area is 90.3 Å². The molecule has 1 amide bonds. The molecule has 0 atom stereocenters. The van der Waals surface area contributed by atoms with E-state index in [-0.39, 0.29) is 18.9 Å². The molecule has 82 valence electrons. The molecule has 1 aromatic carbocycles. The van der Waals surface area contributed by atoms with Crippen LogP contribution in [-0.2, 0) is 4.79 Å². The molecule has 1 N–H and O–H groups in total. The number of aliphatic hydroxyl groups excluding tert-OH is 1. The summed E-state index contributed by atoms with van der Waals surface area (Å²) in [6.45, 7) is 3.95. The van der Waals surface area contributed by atoms with E-state index in [1.54, 1.807) is 11.9 Å². The zero-order valence-corrected chi connectivity index (χ0v) is 9.45. The van der Waals surface area contributed by atoms with Crippen LogP contribution < -0.4 is 4.90 Å². The van der Waals surface area contributed by atoms with E-state index in [0.717, 1.165) is 11.3 Å². The van der Waals surface area contributed by atoms with Gasteiger partial charge in [-0.15, -0.1) is 0 Å². The lowest BCUT2D eigenvalue weighted by Crippen LogP contribution is -2.26. The number of hydrogen-bond acceptors (Lipinski definition) is 2. The first-order valence-electron chi connectivity index (χ1n) is 5.01. The summed E-state index contributed by atoms with van der Waals surface area (Å²) in [5.74, 6) is -0.0687. The van der Waals surface area contributed by atoms with Gasteiger partial charge in [0, 0.05) is 12.7 Å². The minimum absolute atomic E-state index is 0.0687. The third-order valence-corrected chi connectivity index (χ3v) is 2.58. The molecular weight excluding hydrogens is 190 g/mol. The van der Waals surface area contributed by atoms with Crippen molar-refractivity contribution in [2.45, 2.75) is 20.3 Å². The first kappa shape index (κ1) is 11.7.